The minimum absolute atomic E-state index is 0.0307. The lowest BCUT2D eigenvalue weighted by Crippen LogP contribution is -2.38. The summed E-state index contributed by atoms with van der Waals surface area (Å²) in [5.41, 5.74) is 9.65. The maximum absolute atomic E-state index is 12.5. The highest BCUT2D eigenvalue weighted by Gasteiger charge is 2.30. The molecular weight excluding hydrogens is 438 g/mol. The topological polar surface area (TPSA) is 139 Å². The van der Waals surface area contributed by atoms with E-state index >= 15 is 0 Å². The number of nitrogen functional groups attached to an aromatic ring is 1. The van der Waals surface area contributed by atoms with Gasteiger partial charge in [-0.15, -0.1) is 0 Å². The maximum Gasteiger partial charge on any atom is 0.423 e. The smallest absolute Gasteiger partial charge is 0.423 e. The van der Waals surface area contributed by atoms with Crippen LogP contribution >= 0.6 is 0 Å². The number of ether oxygens (including phenoxy) is 2. The van der Waals surface area contributed by atoms with Crippen LogP contribution < -0.4 is 15.8 Å². The number of pyridine rings is 1. The number of carbonyl (C=O) groups excluding carboxylic acids is 2. The number of aromatic nitrogens is 5. The second-order valence-corrected chi connectivity index (χ2v) is 9.31. The number of hydrogen-bond acceptors (Lipinski definition) is 8. The first-order valence-electron chi connectivity index (χ1n) is 10.9. The lowest BCUT2D eigenvalue weighted by atomic mass is 10.1. The number of alkyl carbamates (subject to hydrolysis) is 1. The standard InChI is InChI=1S/C23H25N7O4/c1-12-9-25-18-15(24)7-8-16(30(12)18)14-10-29(13-5-6-13)19-17(14)20(27-11-26-19)33-21(31)28-22(32)34-23(2,3)4/h7-11,13H,5-6,24H2,1-4H3,(H,28,31,32). The maximum atomic E-state index is 12.5. The molecule has 4 aromatic heterocycles. The molecule has 11 nitrogen and oxygen atoms in total. The van der Waals surface area contributed by atoms with Crippen LogP contribution in [0.15, 0.2) is 30.9 Å². The number of nitrogens with zero attached hydrogens (tertiary/aromatic N) is 5. The van der Waals surface area contributed by atoms with Crippen molar-refractivity contribution in [1.82, 2.24) is 29.2 Å². The minimum Gasteiger partial charge on any atom is -0.443 e. The molecule has 0 atom stereocenters. The first-order valence-corrected chi connectivity index (χ1v) is 10.9. The molecule has 0 spiro atoms. The van der Waals surface area contributed by atoms with Gasteiger partial charge in [0.2, 0.25) is 5.88 Å². The van der Waals surface area contributed by atoms with Crippen LogP contribution in [0.25, 0.3) is 27.9 Å². The number of anilines is 1. The quantitative estimate of drug-likeness (QED) is 0.465. The number of rotatable bonds is 3. The minimum atomic E-state index is -0.999. The van der Waals surface area contributed by atoms with Gasteiger partial charge in [0.05, 0.1) is 16.8 Å². The Morgan fingerprint density at radius 2 is 1.88 bits per heavy atom. The zero-order chi connectivity index (χ0) is 24.2. The van der Waals surface area contributed by atoms with E-state index in [4.69, 9.17) is 15.2 Å². The fourth-order valence-electron chi connectivity index (χ4n) is 3.93. The predicted octanol–water partition coefficient (Wildman–Crippen LogP) is 4.00. The molecule has 1 fully saturated rings. The van der Waals surface area contributed by atoms with Crippen LogP contribution in [0.5, 0.6) is 5.88 Å². The number of nitrogens with two attached hydrogens (primary N) is 1. The van der Waals surface area contributed by atoms with Gasteiger partial charge in [0.15, 0.2) is 5.65 Å². The third-order valence-electron chi connectivity index (χ3n) is 5.44. The number of fused-ring (bicyclic) bond motifs is 2. The van der Waals surface area contributed by atoms with Crippen LogP contribution in [0.4, 0.5) is 15.3 Å². The van der Waals surface area contributed by atoms with Crippen molar-refractivity contribution in [2.24, 2.45) is 0 Å². The average Bonchev–Trinajstić information content (AvgIpc) is 3.40. The van der Waals surface area contributed by atoms with E-state index in [0.29, 0.717) is 28.4 Å². The van der Waals surface area contributed by atoms with Crippen LogP contribution in [-0.4, -0.2) is 41.7 Å². The highest BCUT2D eigenvalue weighted by atomic mass is 16.6. The predicted molar refractivity (Wildman–Crippen MR) is 125 cm³/mol. The Labute approximate surface area is 194 Å². The first kappa shape index (κ1) is 21.7. The summed E-state index contributed by atoms with van der Waals surface area (Å²) in [6.07, 6.45) is 5.22. The van der Waals surface area contributed by atoms with Crippen LogP contribution in [-0.2, 0) is 4.74 Å². The van der Waals surface area contributed by atoms with Crippen molar-refractivity contribution in [1.29, 1.82) is 0 Å². The lowest BCUT2D eigenvalue weighted by molar-refractivity contribution is 0.0533. The van der Waals surface area contributed by atoms with E-state index < -0.39 is 17.8 Å². The second kappa shape index (κ2) is 7.72. The summed E-state index contributed by atoms with van der Waals surface area (Å²) in [5, 5.41) is 2.62. The molecule has 3 N–H and O–H groups in total. The molecule has 0 aromatic carbocycles. The lowest BCUT2D eigenvalue weighted by Gasteiger charge is -2.19. The largest absolute Gasteiger partial charge is 0.443 e. The van der Waals surface area contributed by atoms with Gasteiger partial charge in [0.25, 0.3) is 0 Å². The number of nitrogens with one attached hydrogen (secondary N) is 1. The zero-order valence-corrected chi connectivity index (χ0v) is 19.3. The van der Waals surface area contributed by atoms with Gasteiger partial charge in [-0.3, -0.25) is 4.40 Å². The van der Waals surface area contributed by atoms with E-state index in [0.717, 1.165) is 29.8 Å². The van der Waals surface area contributed by atoms with Gasteiger partial charge in [-0.1, -0.05) is 0 Å². The van der Waals surface area contributed by atoms with Crippen LogP contribution in [0.1, 0.15) is 45.3 Å². The van der Waals surface area contributed by atoms with Crippen LogP contribution in [0.2, 0.25) is 0 Å². The number of imidazole rings is 1. The van der Waals surface area contributed by atoms with Crippen molar-refractivity contribution >= 4 is 34.6 Å². The third kappa shape index (κ3) is 3.89. The summed E-state index contributed by atoms with van der Waals surface area (Å²) < 4.78 is 14.6. The van der Waals surface area contributed by atoms with Gasteiger partial charge in [0, 0.05) is 29.7 Å². The highest BCUT2D eigenvalue weighted by molar-refractivity contribution is 5.99. The first-order chi connectivity index (χ1) is 16.1. The number of hydrogen-bond donors (Lipinski definition) is 2. The fourth-order valence-corrected chi connectivity index (χ4v) is 3.93. The number of aryl methyl sites for hydroxylation is 1. The number of amides is 2. The molecule has 1 saturated carbocycles. The third-order valence-corrected chi connectivity index (χ3v) is 5.44. The van der Waals surface area contributed by atoms with Gasteiger partial charge < -0.3 is 19.8 Å². The summed E-state index contributed by atoms with van der Waals surface area (Å²) in [4.78, 5) is 37.6. The molecule has 34 heavy (non-hydrogen) atoms. The second-order valence-electron chi connectivity index (χ2n) is 9.31. The Kier molecular flexibility index (Phi) is 4.92. The molecule has 1 aliphatic carbocycles. The summed E-state index contributed by atoms with van der Waals surface area (Å²) in [7, 11) is 0. The van der Waals surface area contributed by atoms with Crippen molar-refractivity contribution in [2.75, 3.05) is 5.73 Å². The molecule has 176 valence electrons. The average molecular weight is 463 g/mol. The fraction of sp³-hybridized carbons (Fsp3) is 0.348. The number of imide groups is 1. The van der Waals surface area contributed by atoms with Gasteiger partial charge in [-0.25, -0.2) is 29.9 Å². The normalized spacial score (nSPS) is 13.9. The molecule has 4 heterocycles. The molecule has 11 heteroatoms. The highest BCUT2D eigenvalue weighted by Crippen LogP contribution is 2.43. The van der Waals surface area contributed by atoms with Crippen molar-refractivity contribution in [3.63, 3.8) is 0 Å². The molecule has 0 aliphatic heterocycles. The summed E-state index contributed by atoms with van der Waals surface area (Å²) in [6, 6.07) is 3.99. The molecule has 5 rings (SSSR count). The summed E-state index contributed by atoms with van der Waals surface area (Å²) >= 11 is 0. The van der Waals surface area contributed by atoms with Crippen molar-refractivity contribution in [3.8, 4) is 17.1 Å². The van der Waals surface area contributed by atoms with E-state index in [1.807, 2.05) is 23.6 Å². The Morgan fingerprint density at radius 3 is 2.59 bits per heavy atom. The van der Waals surface area contributed by atoms with E-state index in [2.05, 4.69) is 24.8 Å². The van der Waals surface area contributed by atoms with Crippen molar-refractivity contribution in [2.45, 2.75) is 52.2 Å². The van der Waals surface area contributed by atoms with Crippen molar-refractivity contribution in [3.05, 3.63) is 36.5 Å². The number of carbonyl (C=O) groups is 2. The summed E-state index contributed by atoms with van der Waals surface area (Å²) in [5.74, 6) is 0.0307. The monoisotopic (exact) mass is 463 g/mol. The van der Waals surface area contributed by atoms with Gasteiger partial charge in [-0.05, 0) is 52.7 Å². The van der Waals surface area contributed by atoms with Gasteiger partial charge in [0.1, 0.15) is 17.6 Å². The Balaban J connectivity index is 1.61. The SMILES string of the molecule is Cc1cnc2c(N)ccc(-c3cn(C4CC4)c4ncnc(OC(=O)NC(=O)OC(C)(C)C)c34)n12. The van der Waals surface area contributed by atoms with Gasteiger partial charge >= 0.3 is 12.2 Å². The van der Waals surface area contributed by atoms with Crippen molar-refractivity contribution < 1.29 is 19.1 Å². The molecule has 2 amide bonds. The van der Waals surface area contributed by atoms with Gasteiger partial charge in [-0.2, -0.15) is 0 Å². The van der Waals surface area contributed by atoms with E-state index in [9.17, 15) is 9.59 Å². The van der Waals surface area contributed by atoms with E-state index in [-0.39, 0.29) is 5.88 Å². The van der Waals surface area contributed by atoms with Crippen LogP contribution in [0, 0.1) is 6.92 Å². The van der Waals surface area contributed by atoms with E-state index in [1.165, 1.54) is 6.33 Å². The van der Waals surface area contributed by atoms with Crippen LogP contribution in [0.3, 0.4) is 0 Å². The summed E-state index contributed by atoms with van der Waals surface area (Å²) in [6.45, 7) is 7.03. The molecule has 1 aliphatic rings. The molecule has 0 bridgehead atoms. The Hall–Kier alpha value is -4.15. The molecule has 4 aromatic rings. The molecule has 0 unspecified atom stereocenters. The molecule has 0 saturated heterocycles. The Morgan fingerprint density at radius 1 is 1.12 bits per heavy atom. The molecular formula is C23H25N7O4. The van der Waals surface area contributed by atoms with E-state index in [1.54, 1.807) is 33.0 Å². The molecule has 0 radical (unpaired) electrons. The Bertz CT molecular complexity index is 1440. The zero-order valence-electron chi connectivity index (χ0n) is 19.3.